The molecule has 0 radical (unpaired) electrons. The Labute approximate surface area is 170 Å². The molecule has 156 valence electrons. The number of guanidine groups is 1. The fraction of sp³-hybridized carbons (Fsp3) is 0.429. The van der Waals surface area contributed by atoms with Crippen LogP contribution in [0.1, 0.15) is 25.0 Å². The molecule has 1 aromatic heterocycles. The van der Waals surface area contributed by atoms with Crippen molar-refractivity contribution in [1.82, 2.24) is 15.6 Å². The number of anilines is 1. The summed E-state index contributed by atoms with van der Waals surface area (Å²) < 4.78 is 32.8. The Balaban J connectivity index is 1.65. The third-order valence-electron chi connectivity index (χ3n) is 4.59. The summed E-state index contributed by atoms with van der Waals surface area (Å²) in [4.78, 5) is 11.2. The molecule has 6 nitrogen and oxygen atoms in total. The van der Waals surface area contributed by atoms with Gasteiger partial charge in [-0.05, 0) is 49.7 Å². The number of hydrogen-bond acceptors (Lipinski definition) is 4. The van der Waals surface area contributed by atoms with Crippen molar-refractivity contribution in [3.05, 3.63) is 59.3 Å². The van der Waals surface area contributed by atoms with Gasteiger partial charge in [-0.2, -0.15) is 0 Å². The zero-order chi connectivity index (χ0) is 20.6. The number of nitrogens with one attached hydrogen (secondary N) is 2. The van der Waals surface area contributed by atoms with Gasteiger partial charge in [-0.1, -0.05) is 0 Å². The predicted molar refractivity (Wildman–Crippen MR) is 110 cm³/mol. The Morgan fingerprint density at radius 1 is 1.28 bits per heavy atom. The van der Waals surface area contributed by atoms with E-state index in [1.54, 1.807) is 6.20 Å². The molecule has 2 N–H and O–H groups in total. The van der Waals surface area contributed by atoms with Crippen molar-refractivity contribution in [2.24, 2.45) is 4.99 Å². The van der Waals surface area contributed by atoms with Gasteiger partial charge in [-0.3, -0.25) is 0 Å². The lowest BCUT2D eigenvalue weighted by atomic mass is 10.2. The lowest BCUT2D eigenvalue weighted by Gasteiger charge is -2.32. The highest BCUT2D eigenvalue weighted by atomic mass is 19.1. The highest BCUT2D eigenvalue weighted by Gasteiger charge is 2.18. The quantitative estimate of drug-likeness (QED) is 0.574. The summed E-state index contributed by atoms with van der Waals surface area (Å²) in [5.41, 5.74) is 1.27. The Kier molecular flexibility index (Phi) is 7.35. The highest BCUT2D eigenvalue weighted by molar-refractivity contribution is 5.79. The van der Waals surface area contributed by atoms with E-state index in [9.17, 15) is 8.78 Å². The monoisotopic (exact) mass is 403 g/mol. The van der Waals surface area contributed by atoms with Gasteiger partial charge in [0, 0.05) is 37.9 Å². The second-order valence-electron chi connectivity index (χ2n) is 6.93. The zero-order valence-corrected chi connectivity index (χ0v) is 16.8. The van der Waals surface area contributed by atoms with Crippen molar-refractivity contribution < 1.29 is 13.5 Å². The molecule has 1 aliphatic heterocycles. The molecule has 1 saturated heterocycles. The van der Waals surface area contributed by atoms with Gasteiger partial charge in [0.05, 0.1) is 19.3 Å². The summed E-state index contributed by atoms with van der Waals surface area (Å²) in [6.07, 6.45) is 1.96. The second kappa shape index (κ2) is 10.2. The fourth-order valence-corrected chi connectivity index (χ4v) is 3.13. The standard InChI is InChI=1S/C21H27F2N5O/c1-3-24-21(27-13-17-11-18(22)4-5-19(17)23)26-12-16-6-7-25-20(10-16)28-8-9-29-15(2)14-28/h4-7,10-11,15H,3,8-9,12-14H2,1-2H3,(H2,24,26,27). The Morgan fingerprint density at radius 3 is 2.93 bits per heavy atom. The number of pyridine rings is 1. The van der Waals surface area contributed by atoms with Gasteiger partial charge in [0.15, 0.2) is 5.96 Å². The number of halogens is 2. The van der Waals surface area contributed by atoms with E-state index in [1.807, 2.05) is 19.1 Å². The number of hydrogen-bond donors (Lipinski definition) is 2. The summed E-state index contributed by atoms with van der Waals surface area (Å²) in [6.45, 7) is 7.55. The molecule has 0 amide bonds. The van der Waals surface area contributed by atoms with Crippen molar-refractivity contribution in [1.29, 1.82) is 0 Å². The Morgan fingerprint density at radius 2 is 2.14 bits per heavy atom. The van der Waals surface area contributed by atoms with Gasteiger partial charge in [0.2, 0.25) is 0 Å². The van der Waals surface area contributed by atoms with E-state index in [0.717, 1.165) is 36.6 Å². The van der Waals surface area contributed by atoms with Crippen LogP contribution in [0.5, 0.6) is 0 Å². The molecule has 8 heteroatoms. The molecule has 3 rings (SSSR count). The van der Waals surface area contributed by atoms with E-state index in [0.29, 0.717) is 25.7 Å². The van der Waals surface area contributed by atoms with E-state index < -0.39 is 11.6 Å². The Hall–Kier alpha value is -2.74. The molecule has 0 aliphatic carbocycles. The first-order valence-electron chi connectivity index (χ1n) is 9.82. The van der Waals surface area contributed by atoms with Crippen molar-refractivity contribution in [3.63, 3.8) is 0 Å². The summed E-state index contributed by atoms with van der Waals surface area (Å²) >= 11 is 0. The Bertz CT molecular complexity index is 846. The lowest BCUT2D eigenvalue weighted by Crippen LogP contribution is -2.41. The highest BCUT2D eigenvalue weighted by Crippen LogP contribution is 2.17. The minimum absolute atomic E-state index is 0.142. The predicted octanol–water partition coefficient (Wildman–Crippen LogP) is 2.84. The van der Waals surface area contributed by atoms with E-state index in [4.69, 9.17) is 4.74 Å². The minimum atomic E-state index is -0.466. The van der Waals surface area contributed by atoms with Crippen molar-refractivity contribution >= 4 is 11.8 Å². The summed E-state index contributed by atoms with van der Waals surface area (Å²) in [7, 11) is 0. The smallest absolute Gasteiger partial charge is 0.191 e. The average molecular weight is 403 g/mol. The molecule has 0 spiro atoms. The second-order valence-corrected chi connectivity index (χ2v) is 6.93. The molecule has 0 bridgehead atoms. The number of nitrogens with zero attached hydrogens (tertiary/aromatic N) is 3. The van der Waals surface area contributed by atoms with Crippen LogP contribution in [0.25, 0.3) is 0 Å². The van der Waals surface area contributed by atoms with Crippen molar-refractivity contribution in [3.8, 4) is 0 Å². The zero-order valence-electron chi connectivity index (χ0n) is 16.8. The summed E-state index contributed by atoms with van der Waals surface area (Å²) in [6, 6.07) is 7.37. The maximum atomic E-state index is 13.8. The maximum Gasteiger partial charge on any atom is 0.191 e. The van der Waals surface area contributed by atoms with Crippen LogP contribution in [0.15, 0.2) is 41.5 Å². The fourth-order valence-electron chi connectivity index (χ4n) is 3.13. The van der Waals surface area contributed by atoms with Gasteiger partial charge in [0.25, 0.3) is 0 Å². The van der Waals surface area contributed by atoms with Crippen LogP contribution in [0.2, 0.25) is 0 Å². The molecule has 2 heterocycles. The first kappa shape index (κ1) is 21.0. The average Bonchev–Trinajstić information content (AvgIpc) is 2.72. The third kappa shape index (κ3) is 6.12. The van der Waals surface area contributed by atoms with Crippen LogP contribution < -0.4 is 15.5 Å². The van der Waals surface area contributed by atoms with Crippen LogP contribution in [-0.4, -0.2) is 43.3 Å². The SMILES string of the molecule is CCNC(=NCc1ccnc(N2CCOC(C)C2)c1)NCc1cc(F)ccc1F. The van der Waals surface area contributed by atoms with Crippen LogP contribution >= 0.6 is 0 Å². The maximum absolute atomic E-state index is 13.8. The van der Waals surface area contributed by atoms with Crippen LogP contribution in [0, 0.1) is 11.6 Å². The van der Waals surface area contributed by atoms with Crippen LogP contribution in [0.4, 0.5) is 14.6 Å². The molecule has 0 saturated carbocycles. The van der Waals surface area contributed by atoms with Crippen molar-refractivity contribution in [2.75, 3.05) is 31.1 Å². The number of aliphatic imine (C=N–C) groups is 1. The first-order valence-corrected chi connectivity index (χ1v) is 9.82. The molecule has 1 fully saturated rings. The van der Waals surface area contributed by atoms with E-state index in [1.165, 1.54) is 6.07 Å². The van der Waals surface area contributed by atoms with Gasteiger partial charge in [-0.15, -0.1) is 0 Å². The largest absolute Gasteiger partial charge is 0.375 e. The lowest BCUT2D eigenvalue weighted by molar-refractivity contribution is 0.0529. The molecule has 1 atom stereocenters. The summed E-state index contributed by atoms with van der Waals surface area (Å²) in [5.74, 6) is 0.530. The number of aromatic nitrogens is 1. The number of morpholine rings is 1. The molecule has 2 aromatic rings. The number of benzene rings is 1. The van der Waals surface area contributed by atoms with Gasteiger partial charge in [-0.25, -0.2) is 18.8 Å². The molecular formula is C21H27F2N5O. The molecule has 1 unspecified atom stereocenters. The molecular weight excluding hydrogens is 376 g/mol. The molecule has 29 heavy (non-hydrogen) atoms. The van der Waals surface area contributed by atoms with Crippen LogP contribution in [0.3, 0.4) is 0 Å². The van der Waals surface area contributed by atoms with Crippen molar-refractivity contribution in [2.45, 2.75) is 33.0 Å². The first-order chi connectivity index (χ1) is 14.0. The number of rotatable bonds is 6. The van der Waals surface area contributed by atoms with E-state index in [-0.39, 0.29) is 18.2 Å². The molecule has 1 aromatic carbocycles. The van der Waals surface area contributed by atoms with E-state index in [2.05, 4.69) is 32.4 Å². The van der Waals surface area contributed by atoms with Gasteiger partial charge in [0.1, 0.15) is 17.5 Å². The number of ether oxygens (including phenoxy) is 1. The van der Waals surface area contributed by atoms with Gasteiger partial charge >= 0.3 is 0 Å². The topological polar surface area (TPSA) is 61.8 Å². The van der Waals surface area contributed by atoms with Gasteiger partial charge < -0.3 is 20.3 Å². The third-order valence-corrected chi connectivity index (χ3v) is 4.59. The van der Waals surface area contributed by atoms with E-state index >= 15 is 0 Å². The normalized spacial score (nSPS) is 17.3. The summed E-state index contributed by atoms with van der Waals surface area (Å²) in [5, 5.41) is 6.17. The minimum Gasteiger partial charge on any atom is -0.375 e. The van der Waals surface area contributed by atoms with Crippen LogP contribution in [-0.2, 0) is 17.8 Å². The molecule has 1 aliphatic rings.